The monoisotopic (exact) mass is 270 g/mol. The van der Waals surface area contributed by atoms with E-state index in [-0.39, 0.29) is 5.92 Å². The predicted octanol–water partition coefficient (Wildman–Crippen LogP) is 4.09. The molecule has 0 aliphatic rings. The van der Waals surface area contributed by atoms with Crippen molar-refractivity contribution in [2.75, 3.05) is 19.6 Å². The highest BCUT2D eigenvalue weighted by molar-refractivity contribution is 5.78. The van der Waals surface area contributed by atoms with E-state index < -0.39 is 0 Å². The van der Waals surface area contributed by atoms with E-state index in [9.17, 15) is 4.79 Å². The third-order valence-electron chi connectivity index (χ3n) is 3.61. The zero-order chi connectivity index (χ0) is 14.7. The van der Waals surface area contributed by atoms with Gasteiger partial charge in [-0.15, -0.1) is 0 Å². The van der Waals surface area contributed by atoms with Gasteiger partial charge in [0.1, 0.15) is 0 Å². The van der Waals surface area contributed by atoms with Crippen LogP contribution in [0.3, 0.4) is 0 Å². The maximum absolute atomic E-state index is 12.7. The Morgan fingerprint density at radius 1 is 0.947 bits per heavy atom. The average Bonchev–Trinajstić information content (AvgIpc) is 2.41. The normalized spacial score (nSPS) is 12.7. The predicted molar refractivity (Wildman–Crippen MR) is 82.8 cm³/mol. The summed E-state index contributed by atoms with van der Waals surface area (Å²) in [4.78, 5) is 12.7. The quantitative estimate of drug-likeness (QED) is 0.528. The van der Waals surface area contributed by atoms with E-state index in [2.05, 4.69) is 39.6 Å². The van der Waals surface area contributed by atoms with Crippen molar-refractivity contribution in [2.24, 2.45) is 5.92 Å². The highest BCUT2D eigenvalue weighted by Crippen LogP contribution is 2.17. The summed E-state index contributed by atoms with van der Waals surface area (Å²) >= 11 is 0. The molecule has 0 bridgehead atoms. The Labute approximate surface area is 120 Å². The lowest BCUT2D eigenvalue weighted by atomic mass is 9.98. The van der Waals surface area contributed by atoms with Crippen LogP contribution < -0.4 is 0 Å². The molecular formula is C16H34N2O. The summed E-state index contributed by atoms with van der Waals surface area (Å²) < 4.78 is 0. The summed E-state index contributed by atoms with van der Waals surface area (Å²) in [6, 6.07) is 0. The van der Waals surface area contributed by atoms with Crippen molar-refractivity contribution < 1.29 is 4.79 Å². The SMILES string of the molecule is CCCCC(CC)C(=O)N(CC)N(CCC)CCC. The second-order valence-corrected chi connectivity index (χ2v) is 5.26. The minimum absolute atomic E-state index is 0.205. The van der Waals surface area contributed by atoms with E-state index in [1.54, 1.807) is 0 Å². The van der Waals surface area contributed by atoms with Crippen LogP contribution in [0.1, 0.15) is 73.1 Å². The van der Waals surface area contributed by atoms with Crippen LogP contribution in [0.15, 0.2) is 0 Å². The second kappa shape index (κ2) is 11.3. The Kier molecular flexibility index (Phi) is 10.9. The van der Waals surface area contributed by atoms with Crippen molar-refractivity contribution in [1.29, 1.82) is 0 Å². The number of rotatable bonds is 11. The molecule has 0 saturated heterocycles. The van der Waals surface area contributed by atoms with E-state index >= 15 is 0 Å². The minimum atomic E-state index is 0.205. The van der Waals surface area contributed by atoms with Crippen LogP contribution in [0, 0.1) is 5.92 Å². The summed E-state index contributed by atoms with van der Waals surface area (Å²) in [6.45, 7) is 13.5. The molecule has 19 heavy (non-hydrogen) atoms. The first-order chi connectivity index (χ1) is 9.15. The first kappa shape index (κ1) is 18.4. The van der Waals surface area contributed by atoms with Gasteiger partial charge in [0.2, 0.25) is 5.91 Å². The van der Waals surface area contributed by atoms with Crippen LogP contribution in [0.2, 0.25) is 0 Å². The van der Waals surface area contributed by atoms with E-state index in [0.29, 0.717) is 5.91 Å². The fraction of sp³-hybridized carbons (Fsp3) is 0.938. The number of hydrogen-bond donors (Lipinski definition) is 0. The fourth-order valence-corrected chi connectivity index (χ4v) is 2.53. The van der Waals surface area contributed by atoms with Crippen molar-refractivity contribution in [3.05, 3.63) is 0 Å². The molecule has 0 rings (SSSR count). The summed E-state index contributed by atoms with van der Waals surface area (Å²) in [5.41, 5.74) is 0. The highest BCUT2D eigenvalue weighted by Gasteiger charge is 2.25. The minimum Gasteiger partial charge on any atom is -0.275 e. The van der Waals surface area contributed by atoms with E-state index in [4.69, 9.17) is 0 Å². The topological polar surface area (TPSA) is 23.6 Å². The fourth-order valence-electron chi connectivity index (χ4n) is 2.53. The summed E-state index contributed by atoms with van der Waals surface area (Å²) in [7, 11) is 0. The third kappa shape index (κ3) is 6.42. The maximum Gasteiger partial charge on any atom is 0.239 e. The molecule has 3 nitrogen and oxygen atoms in total. The van der Waals surface area contributed by atoms with Crippen LogP contribution in [0.25, 0.3) is 0 Å². The molecule has 0 aliphatic heterocycles. The van der Waals surface area contributed by atoms with Crippen molar-refractivity contribution in [3.8, 4) is 0 Å². The number of hydrogen-bond acceptors (Lipinski definition) is 2. The van der Waals surface area contributed by atoms with E-state index in [1.807, 2.05) is 5.01 Å². The molecule has 0 fully saturated rings. The van der Waals surface area contributed by atoms with Gasteiger partial charge in [0.05, 0.1) is 0 Å². The molecule has 0 aromatic rings. The Hall–Kier alpha value is -0.570. The molecule has 0 saturated carbocycles. The second-order valence-electron chi connectivity index (χ2n) is 5.26. The Bertz CT molecular complexity index is 225. The van der Waals surface area contributed by atoms with Gasteiger partial charge in [0, 0.05) is 25.6 Å². The van der Waals surface area contributed by atoms with Crippen LogP contribution in [0.5, 0.6) is 0 Å². The molecular weight excluding hydrogens is 236 g/mol. The lowest BCUT2D eigenvalue weighted by molar-refractivity contribution is -0.154. The standard InChI is InChI=1S/C16H34N2O/c1-6-11-12-15(9-4)16(19)18(10-5)17(13-7-2)14-8-3/h15H,6-14H2,1-5H3. The van der Waals surface area contributed by atoms with Crippen LogP contribution in [0.4, 0.5) is 0 Å². The Morgan fingerprint density at radius 2 is 1.53 bits per heavy atom. The molecule has 1 amide bonds. The molecule has 0 heterocycles. The van der Waals surface area contributed by atoms with Crippen molar-refractivity contribution in [3.63, 3.8) is 0 Å². The molecule has 0 spiro atoms. The number of unbranched alkanes of at least 4 members (excludes halogenated alkanes) is 1. The highest BCUT2D eigenvalue weighted by atomic mass is 16.2. The molecule has 114 valence electrons. The number of carbonyl (C=O) groups is 1. The lowest BCUT2D eigenvalue weighted by Gasteiger charge is -2.36. The summed E-state index contributed by atoms with van der Waals surface area (Å²) in [6.07, 6.45) is 6.51. The smallest absolute Gasteiger partial charge is 0.239 e. The molecule has 0 aliphatic carbocycles. The average molecular weight is 270 g/mol. The molecule has 1 unspecified atom stereocenters. The Morgan fingerprint density at radius 3 is 1.89 bits per heavy atom. The van der Waals surface area contributed by atoms with Gasteiger partial charge in [-0.05, 0) is 32.6 Å². The van der Waals surface area contributed by atoms with Crippen LogP contribution >= 0.6 is 0 Å². The maximum atomic E-state index is 12.7. The van der Waals surface area contributed by atoms with E-state index in [0.717, 1.165) is 51.7 Å². The molecule has 0 N–H and O–H groups in total. The largest absolute Gasteiger partial charge is 0.275 e. The number of carbonyl (C=O) groups excluding carboxylic acids is 1. The molecule has 3 heteroatoms. The van der Waals surface area contributed by atoms with Gasteiger partial charge >= 0.3 is 0 Å². The van der Waals surface area contributed by atoms with Gasteiger partial charge in [0.25, 0.3) is 0 Å². The zero-order valence-electron chi connectivity index (χ0n) is 13.7. The number of hydrazine groups is 1. The van der Waals surface area contributed by atoms with Crippen molar-refractivity contribution >= 4 is 5.91 Å². The first-order valence-corrected chi connectivity index (χ1v) is 8.22. The van der Waals surface area contributed by atoms with Gasteiger partial charge in [-0.1, -0.05) is 40.5 Å². The third-order valence-corrected chi connectivity index (χ3v) is 3.61. The molecule has 1 atom stereocenters. The van der Waals surface area contributed by atoms with Gasteiger partial charge in [-0.3, -0.25) is 9.80 Å². The lowest BCUT2D eigenvalue weighted by Crippen LogP contribution is -2.49. The zero-order valence-corrected chi connectivity index (χ0v) is 13.7. The van der Waals surface area contributed by atoms with Crippen molar-refractivity contribution in [2.45, 2.75) is 73.1 Å². The first-order valence-electron chi connectivity index (χ1n) is 8.22. The van der Waals surface area contributed by atoms with Gasteiger partial charge in [-0.2, -0.15) is 0 Å². The van der Waals surface area contributed by atoms with Gasteiger partial charge < -0.3 is 0 Å². The van der Waals surface area contributed by atoms with E-state index in [1.165, 1.54) is 6.42 Å². The Balaban J connectivity index is 4.71. The summed E-state index contributed by atoms with van der Waals surface area (Å²) in [5, 5.41) is 4.24. The molecule has 0 radical (unpaired) electrons. The molecule has 0 aromatic carbocycles. The van der Waals surface area contributed by atoms with Crippen LogP contribution in [-0.2, 0) is 4.79 Å². The summed E-state index contributed by atoms with van der Waals surface area (Å²) in [5.74, 6) is 0.538. The number of nitrogens with zero attached hydrogens (tertiary/aromatic N) is 2. The van der Waals surface area contributed by atoms with Crippen molar-refractivity contribution in [1.82, 2.24) is 10.0 Å². The van der Waals surface area contributed by atoms with Gasteiger partial charge in [0.15, 0.2) is 0 Å². The molecule has 0 aromatic heterocycles. The van der Waals surface area contributed by atoms with Gasteiger partial charge in [-0.25, -0.2) is 5.01 Å². The van der Waals surface area contributed by atoms with Crippen LogP contribution in [-0.4, -0.2) is 35.6 Å². The number of amides is 1.